The van der Waals surface area contributed by atoms with Gasteiger partial charge in [0.05, 0.1) is 12.7 Å². The number of benzene rings is 1. The molecular formula is C23H37N3O3. The molecule has 1 aliphatic heterocycles. The second kappa shape index (κ2) is 11.9. The van der Waals surface area contributed by atoms with Gasteiger partial charge in [-0.3, -0.25) is 9.69 Å². The third-order valence-corrected chi connectivity index (χ3v) is 6.05. The summed E-state index contributed by atoms with van der Waals surface area (Å²) in [5, 5.41) is 0. The number of likely N-dealkylation sites (N-methyl/N-ethyl adjacent to an activating group) is 2. The van der Waals surface area contributed by atoms with Crippen molar-refractivity contribution in [1.29, 1.82) is 0 Å². The standard InChI is InChI=1S/C23H37N3O3/c1-5-24(6-2)16-17-25(7-3)21-12-13-22(27)26(15-14-21)18-19-8-10-20(11-9-19)23(28)29-4/h8-11,21H,5-7,12-18H2,1-4H3. The van der Waals surface area contributed by atoms with Gasteiger partial charge < -0.3 is 14.5 Å². The summed E-state index contributed by atoms with van der Waals surface area (Å²) in [6, 6.07) is 7.80. The third kappa shape index (κ3) is 6.82. The molecule has 1 heterocycles. The molecule has 162 valence electrons. The lowest BCUT2D eigenvalue weighted by atomic mass is 10.1. The number of nitrogens with zero attached hydrogens (tertiary/aromatic N) is 3. The predicted molar refractivity (Wildman–Crippen MR) is 116 cm³/mol. The fourth-order valence-corrected chi connectivity index (χ4v) is 4.05. The molecule has 0 N–H and O–H groups in total. The number of rotatable bonds is 10. The fourth-order valence-electron chi connectivity index (χ4n) is 4.05. The maximum Gasteiger partial charge on any atom is 0.337 e. The molecule has 0 bridgehead atoms. The summed E-state index contributed by atoms with van der Waals surface area (Å²) in [5.74, 6) is -0.112. The van der Waals surface area contributed by atoms with Crippen molar-refractivity contribution in [2.24, 2.45) is 0 Å². The summed E-state index contributed by atoms with van der Waals surface area (Å²) in [6.07, 6.45) is 2.55. The molecule has 1 aliphatic rings. The Labute approximate surface area is 175 Å². The van der Waals surface area contributed by atoms with Gasteiger partial charge in [-0.1, -0.05) is 32.9 Å². The van der Waals surface area contributed by atoms with E-state index in [1.807, 2.05) is 17.0 Å². The van der Waals surface area contributed by atoms with E-state index in [2.05, 4.69) is 30.6 Å². The van der Waals surface area contributed by atoms with Crippen LogP contribution in [0.1, 0.15) is 56.0 Å². The number of amides is 1. The first kappa shape index (κ1) is 23.4. The van der Waals surface area contributed by atoms with Crippen LogP contribution in [0.15, 0.2) is 24.3 Å². The van der Waals surface area contributed by atoms with Gasteiger partial charge in [0, 0.05) is 38.6 Å². The molecule has 1 atom stereocenters. The Morgan fingerprint density at radius 1 is 1.07 bits per heavy atom. The summed E-state index contributed by atoms with van der Waals surface area (Å²) in [4.78, 5) is 31.2. The lowest BCUT2D eigenvalue weighted by Crippen LogP contribution is -2.41. The molecule has 2 rings (SSSR count). The van der Waals surface area contributed by atoms with Crippen LogP contribution in [-0.2, 0) is 16.1 Å². The Morgan fingerprint density at radius 2 is 1.76 bits per heavy atom. The van der Waals surface area contributed by atoms with Crippen LogP contribution in [0, 0.1) is 0 Å². The van der Waals surface area contributed by atoms with E-state index >= 15 is 0 Å². The third-order valence-electron chi connectivity index (χ3n) is 6.05. The minimum Gasteiger partial charge on any atom is -0.465 e. The molecule has 0 saturated carbocycles. The lowest BCUT2D eigenvalue weighted by Gasteiger charge is -2.32. The van der Waals surface area contributed by atoms with E-state index in [0.717, 1.165) is 57.7 Å². The van der Waals surface area contributed by atoms with Crippen LogP contribution in [-0.4, -0.2) is 79.0 Å². The average molecular weight is 404 g/mol. The summed E-state index contributed by atoms with van der Waals surface area (Å²) in [5.41, 5.74) is 1.57. The summed E-state index contributed by atoms with van der Waals surface area (Å²) >= 11 is 0. The number of carbonyl (C=O) groups excluding carboxylic acids is 2. The smallest absolute Gasteiger partial charge is 0.337 e. The molecule has 0 radical (unpaired) electrons. The van der Waals surface area contributed by atoms with Crippen molar-refractivity contribution in [2.45, 2.75) is 52.6 Å². The molecule has 29 heavy (non-hydrogen) atoms. The lowest BCUT2D eigenvalue weighted by molar-refractivity contribution is -0.131. The van der Waals surface area contributed by atoms with E-state index in [9.17, 15) is 9.59 Å². The van der Waals surface area contributed by atoms with Crippen molar-refractivity contribution in [1.82, 2.24) is 14.7 Å². The maximum atomic E-state index is 12.7. The fraction of sp³-hybridized carbons (Fsp3) is 0.652. The van der Waals surface area contributed by atoms with Gasteiger partial charge in [-0.15, -0.1) is 0 Å². The molecular weight excluding hydrogens is 366 g/mol. The number of hydrogen-bond donors (Lipinski definition) is 0. The van der Waals surface area contributed by atoms with Gasteiger partial charge >= 0.3 is 5.97 Å². The van der Waals surface area contributed by atoms with Gasteiger partial charge in [0.25, 0.3) is 0 Å². The molecule has 6 nitrogen and oxygen atoms in total. The summed E-state index contributed by atoms with van der Waals surface area (Å²) in [7, 11) is 1.38. The number of hydrogen-bond acceptors (Lipinski definition) is 5. The van der Waals surface area contributed by atoms with E-state index in [0.29, 0.717) is 24.6 Å². The topological polar surface area (TPSA) is 53.1 Å². The van der Waals surface area contributed by atoms with Gasteiger partial charge in [-0.25, -0.2) is 4.79 Å². The Hall–Kier alpha value is -1.92. The van der Waals surface area contributed by atoms with Crippen molar-refractivity contribution in [3.63, 3.8) is 0 Å². The number of methoxy groups -OCH3 is 1. The zero-order chi connectivity index (χ0) is 21.2. The van der Waals surface area contributed by atoms with Crippen LogP contribution in [0.4, 0.5) is 0 Å². The largest absolute Gasteiger partial charge is 0.465 e. The van der Waals surface area contributed by atoms with Gasteiger partial charge in [0.15, 0.2) is 0 Å². The first-order chi connectivity index (χ1) is 14.0. The minimum atomic E-state index is -0.338. The highest BCUT2D eigenvalue weighted by molar-refractivity contribution is 5.89. The normalized spacial score (nSPS) is 17.7. The SMILES string of the molecule is CCN(CC)CCN(CC)C1CCC(=O)N(Cc2ccc(C(=O)OC)cc2)CC1. The van der Waals surface area contributed by atoms with Crippen LogP contribution < -0.4 is 0 Å². The van der Waals surface area contributed by atoms with Gasteiger partial charge in [-0.2, -0.15) is 0 Å². The Balaban J connectivity index is 1.93. The average Bonchev–Trinajstić information content (AvgIpc) is 2.93. The number of carbonyl (C=O) groups is 2. The number of ether oxygens (including phenoxy) is 1. The van der Waals surface area contributed by atoms with E-state index in [-0.39, 0.29) is 11.9 Å². The quantitative estimate of drug-likeness (QED) is 0.562. The van der Waals surface area contributed by atoms with E-state index in [1.165, 1.54) is 7.11 Å². The van der Waals surface area contributed by atoms with Crippen molar-refractivity contribution in [3.05, 3.63) is 35.4 Å². The summed E-state index contributed by atoms with van der Waals surface area (Å²) < 4.78 is 4.74. The van der Waals surface area contributed by atoms with Crippen molar-refractivity contribution >= 4 is 11.9 Å². The maximum absolute atomic E-state index is 12.7. The molecule has 1 aromatic carbocycles. The predicted octanol–water partition coefficient (Wildman–Crippen LogP) is 3.02. The molecule has 1 aromatic rings. The minimum absolute atomic E-state index is 0.226. The molecule has 1 amide bonds. The van der Waals surface area contributed by atoms with E-state index < -0.39 is 0 Å². The molecule has 0 spiro atoms. The highest BCUT2D eigenvalue weighted by Gasteiger charge is 2.26. The van der Waals surface area contributed by atoms with E-state index in [1.54, 1.807) is 12.1 Å². The second-order valence-corrected chi connectivity index (χ2v) is 7.64. The monoisotopic (exact) mass is 403 g/mol. The zero-order valence-electron chi connectivity index (χ0n) is 18.5. The Bertz CT molecular complexity index is 643. The van der Waals surface area contributed by atoms with Crippen LogP contribution in [0.3, 0.4) is 0 Å². The van der Waals surface area contributed by atoms with Crippen LogP contribution in [0.25, 0.3) is 0 Å². The zero-order valence-corrected chi connectivity index (χ0v) is 18.5. The Kier molecular flexibility index (Phi) is 9.61. The first-order valence-electron chi connectivity index (χ1n) is 10.9. The highest BCUT2D eigenvalue weighted by Crippen LogP contribution is 2.20. The number of esters is 1. The van der Waals surface area contributed by atoms with Crippen molar-refractivity contribution in [3.8, 4) is 0 Å². The molecule has 0 aliphatic carbocycles. The van der Waals surface area contributed by atoms with Crippen LogP contribution >= 0.6 is 0 Å². The van der Waals surface area contributed by atoms with Gasteiger partial charge in [0.1, 0.15) is 0 Å². The molecule has 1 unspecified atom stereocenters. The van der Waals surface area contributed by atoms with Crippen molar-refractivity contribution in [2.75, 3.05) is 46.4 Å². The summed E-state index contributed by atoms with van der Waals surface area (Å²) in [6.45, 7) is 13.3. The van der Waals surface area contributed by atoms with Crippen LogP contribution in [0.2, 0.25) is 0 Å². The first-order valence-corrected chi connectivity index (χ1v) is 10.9. The molecule has 1 fully saturated rings. The van der Waals surface area contributed by atoms with Gasteiger partial charge in [-0.05, 0) is 50.2 Å². The van der Waals surface area contributed by atoms with Crippen molar-refractivity contribution < 1.29 is 14.3 Å². The highest BCUT2D eigenvalue weighted by atomic mass is 16.5. The second-order valence-electron chi connectivity index (χ2n) is 7.64. The Morgan fingerprint density at radius 3 is 2.34 bits per heavy atom. The van der Waals surface area contributed by atoms with Gasteiger partial charge in [0.2, 0.25) is 5.91 Å². The van der Waals surface area contributed by atoms with Crippen LogP contribution in [0.5, 0.6) is 0 Å². The van der Waals surface area contributed by atoms with E-state index in [4.69, 9.17) is 4.74 Å². The molecule has 1 saturated heterocycles. The molecule has 6 heteroatoms. The number of likely N-dealkylation sites (tertiary alicyclic amines) is 1. The molecule has 0 aromatic heterocycles.